The van der Waals surface area contributed by atoms with Gasteiger partial charge in [-0.3, -0.25) is 4.79 Å². The van der Waals surface area contributed by atoms with Crippen LogP contribution in [0.4, 0.5) is 4.79 Å². The molecular weight excluding hydrogens is 438 g/mol. The minimum absolute atomic E-state index is 0.306. The van der Waals surface area contributed by atoms with Crippen LogP contribution in [0.25, 0.3) is 0 Å². The Morgan fingerprint density at radius 1 is 1.00 bits per heavy atom. The molecule has 0 bridgehead atoms. The minimum Gasteiger partial charge on any atom is -0.444 e. The number of hydrogen-bond acceptors (Lipinski definition) is 4. The Labute approximate surface area is 213 Å². The van der Waals surface area contributed by atoms with Crippen molar-refractivity contribution >= 4 is 12.0 Å². The van der Waals surface area contributed by atoms with Gasteiger partial charge in [0, 0.05) is 45.2 Å². The molecule has 1 aliphatic heterocycles. The van der Waals surface area contributed by atoms with E-state index < -0.39 is 5.60 Å². The van der Waals surface area contributed by atoms with Crippen molar-refractivity contribution in [2.24, 2.45) is 0 Å². The van der Waals surface area contributed by atoms with Crippen molar-refractivity contribution in [3.63, 3.8) is 0 Å². The third-order valence-electron chi connectivity index (χ3n) is 6.67. The Morgan fingerprint density at radius 3 is 2.26 bits per heavy atom. The molecule has 0 spiro atoms. The Balaban J connectivity index is 1.57. The Morgan fingerprint density at radius 2 is 1.63 bits per heavy atom. The predicted octanol–water partition coefficient (Wildman–Crippen LogP) is 5.80. The maximum Gasteiger partial charge on any atom is 0.407 e. The van der Waals surface area contributed by atoms with Crippen LogP contribution in [0.3, 0.4) is 0 Å². The van der Waals surface area contributed by atoms with Gasteiger partial charge < -0.3 is 19.9 Å². The number of hydrogen-bond donors (Lipinski definition) is 1. The standard InChI is InChI=1S/C29H49N3O3/c1-5-27(33)32(21-14-9-7-6-8-13-20-30-28(34)35-29(2,3)4)26-18-23-31(24-19-26)22-17-25-15-11-10-12-16-25/h10-12,15-16,26H,5-9,13-14,17-24H2,1-4H3,(H,30,34). The summed E-state index contributed by atoms with van der Waals surface area (Å²) in [4.78, 5) is 29.0. The van der Waals surface area contributed by atoms with Crippen LogP contribution in [0.1, 0.15) is 91.0 Å². The van der Waals surface area contributed by atoms with Gasteiger partial charge in [0.05, 0.1) is 0 Å². The molecule has 1 saturated heterocycles. The summed E-state index contributed by atoms with van der Waals surface area (Å²) in [6, 6.07) is 11.1. The highest BCUT2D eigenvalue weighted by Gasteiger charge is 2.26. The lowest BCUT2D eigenvalue weighted by molar-refractivity contribution is -0.134. The topological polar surface area (TPSA) is 61.9 Å². The van der Waals surface area contributed by atoms with Gasteiger partial charge in [0.1, 0.15) is 5.60 Å². The molecule has 0 aliphatic carbocycles. The first kappa shape index (κ1) is 29.2. The maximum atomic E-state index is 12.7. The molecule has 1 N–H and O–H groups in total. The summed E-state index contributed by atoms with van der Waals surface area (Å²) in [5.74, 6) is 0.306. The van der Waals surface area contributed by atoms with E-state index in [4.69, 9.17) is 4.74 Å². The van der Waals surface area contributed by atoms with Crippen molar-refractivity contribution in [2.75, 3.05) is 32.7 Å². The normalized spacial score (nSPS) is 15.1. The first-order chi connectivity index (χ1) is 16.8. The van der Waals surface area contributed by atoms with Crippen LogP contribution in [-0.2, 0) is 16.0 Å². The molecular formula is C29H49N3O3. The number of carbonyl (C=O) groups excluding carboxylic acids is 2. The minimum atomic E-state index is -0.448. The van der Waals surface area contributed by atoms with Gasteiger partial charge in [0.2, 0.25) is 5.91 Å². The number of likely N-dealkylation sites (tertiary alicyclic amines) is 1. The van der Waals surface area contributed by atoms with Gasteiger partial charge in [-0.2, -0.15) is 0 Å². The number of benzene rings is 1. The summed E-state index contributed by atoms with van der Waals surface area (Å²) in [6.45, 7) is 12.4. The smallest absolute Gasteiger partial charge is 0.407 e. The molecule has 1 heterocycles. The molecule has 0 saturated carbocycles. The fraction of sp³-hybridized carbons (Fsp3) is 0.724. The van der Waals surface area contributed by atoms with Gasteiger partial charge >= 0.3 is 6.09 Å². The zero-order valence-electron chi connectivity index (χ0n) is 22.7. The number of nitrogens with one attached hydrogen (secondary N) is 1. The molecule has 0 unspecified atom stereocenters. The quantitative estimate of drug-likeness (QED) is 0.337. The lowest BCUT2D eigenvalue weighted by Gasteiger charge is -2.38. The average molecular weight is 488 g/mol. The SMILES string of the molecule is CCC(=O)N(CCCCCCCCNC(=O)OC(C)(C)C)C1CCN(CCc2ccccc2)CC1. The van der Waals surface area contributed by atoms with Crippen molar-refractivity contribution in [3.05, 3.63) is 35.9 Å². The Kier molecular flexibility index (Phi) is 13.2. The molecule has 35 heavy (non-hydrogen) atoms. The van der Waals surface area contributed by atoms with Crippen molar-refractivity contribution in [1.29, 1.82) is 0 Å². The van der Waals surface area contributed by atoms with Gasteiger partial charge in [0.25, 0.3) is 0 Å². The number of piperidine rings is 1. The zero-order valence-corrected chi connectivity index (χ0v) is 22.7. The Bertz CT molecular complexity index is 724. The van der Waals surface area contributed by atoms with E-state index in [0.29, 0.717) is 24.9 Å². The second-order valence-corrected chi connectivity index (χ2v) is 10.8. The zero-order chi connectivity index (χ0) is 25.5. The molecule has 198 valence electrons. The summed E-state index contributed by atoms with van der Waals surface area (Å²) < 4.78 is 5.25. The van der Waals surface area contributed by atoms with Gasteiger partial charge in [-0.05, 0) is 58.4 Å². The van der Waals surface area contributed by atoms with Crippen LogP contribution < -0.4 is 5.32 Å². The van der Waals surface area contributed by atoms with E-state index in [1.54, 1.807) is 0 Å². The first-order valence-corrected chi connectivity index (χ1v) is 13.8. The summed E-state index contributed by atoms with van der Waals surface area (Å²) in [7, 11) is 0. The summed E-state index contributed by atoms with van der Waals surface area (Å²) in [5.41, 5.74) is 0.952. The van der Waals surface area contributed by atoms with Gasteiger partial charge in [0.15, 0.2) is 0 Å². The Hall–Kier alpha value is -2.08. The highest BCUT2D eigenvalue weighted by molar-refractivity contribution is 5.76. The molecule has 1 aromatic rings. The molecule has 0 radical (unpaired) electrons. The monoisotopic (exact) mass is 487 g/mol. The summed E-state index contributed by atoms with van der Waals surface area (Å²) >= 11 is 0. The van der Waals surface area contributed by atoms with Crippen LogP contribution in [0.5, 0.6) is 0 Å². The van der Waals surface area contributed by atoms with Gasteiger partial charge in [-0.1, -0.05) is 62.9 Å². The lowest BCUT2D eigenvalue weighted by atomic mass is 10.0. The molecule has 0 aromatic heterocycles. The number of nitrogens with zero attached hydrogens (tertiary/aromatic N) is 2. The molecule has 2 amide bonds. The largest absolute Gasteiger partial charge is 0.444 e. The fourth-order valence-electron chi connectivity index (χ4n) is 4.72. The summed E-state index contributed by atoms with van der Waals surface area (Å²) in [6.07, 6.45) is 10.2. The summed E-state index contributed by atoms with van der Waals surface area (Å²) in [5, 5.41) is 2.82. The van der Waals surface area contributed by atoms with E-state index in [0.717, 1.165) is 77.5 Å². The first-order valence-electron chi connectivity index (χ1n) is 13.8. The van der Waals surface area contributed by atoms with Crippen LogP contribution in [0.15, 0.2) is 30.3 Å². The molecule has 0 atom stereocenters. The highest BCUT2D eigenvalue weighted by atomic mass is 16.6. The van der Waals surface area contributed by atoms with Crippen LogP contribution in [-0.4, -0.2) is 66.2 Å². The highest BCUT2D eigenvalue weighted by Crippen LogP contribution is 2.19. The number of rotatable bonds is 14. The van der Waals surface area contributed by atoms with E-state index in [2.05, 4.69) is 45.4 Å². The van der Waals surface area contributed by atoms with Crippen molar-refractivity contribution in [3.8, 4) is 0 Å². The van der Waals surface area contributed by atoms with E-state index in [9.17, 15) is 9.59 Å². The average Bonchev–Trinajstić information content (AvgIpc) is 2.83. The number of ether oxygens (including phenoxy) is 1. The van der Waals surface area contributed by atoms with Crippen LogP contribution >= 0.6 is 0 Å². The third-order valence-corrected chi connectivity index (χ3v) is 6.67. The maximum absolute atomic E-state index is 12.7. The van der Waals surface area contributed by atoms with Gasteiger partial charge in [-0.25, -0.2) is 4.79 Å². The van der Waals surface area contributed by atoms with E-state index in [-0.39, 0.29) is 6.09 Å². The van der Waals surface area contributed by atoms with Gasteiger partial charge in [-0.15, -0.1) is 0 Å². The van der Waals surface area contributed by atoms with Crippen LogP contribution in [0.2, 0.25) is 0 Å². The number of amides is 2. The third kappa shape index (κ3) is 12.4. The van der Waals surface area contributed by atoms with Crippen molar-refractivity contribution in [2.45, 2.75) is 104 Å². The lowest BCUT2D eigenvalue weighted by Crippen LogP contribution is -2.48. The van der Waals surface area contributed by atoms with Crippen molar-refractivity contribution < 1.29 is 14.3 Å². The fourth-order valence-corrected chi connectivity index (χ4v) is 4.72. The molecule has 2 rings (SSSR count). The number of unbranched alkanes of at least 4 members (excludes halogenated alkanes) is 5. The predicted molar refractivity (Wildman–Crippen MR) is 144 cm³/mol. The van der Waals surface area contributed by atoms with E-state index >= 15 is 0 Å². The molecule has 6 heteroatoms. The number of carbonyl (C=O) groups is 2. The molecule has 6 nitrogen and oxygen atoms in total. The van der Waals surface area contributed by atoms with E-state index in [1.807, 2.05) is 27.7 Å². The van der Waals surface area contributed by atoms with Crippen molar-refractivity contribution in [1.82, 2.24) is 15.1 Å². The molecule has 1 aromatic carbocycles. The second-order valence-electron chi connectivity index (χ2n) is 10.8. The molecule has 1 fully saturated rings. The second kappa shape index (κ2) is 15.8. The molecule has 1 aliphatic rings. The van der Waals surface area contributed by atoms with Crippen LogP contribution in [0, 0.1) is 0 Å². The van der Waals surface area contributed by atoms with E-state index in [1.165, 1.54) is 12.0 Å². The number of alkyl carbamates (subject to hydrolysis) is 1.